The Morgan fingerprint density at radius 3 is 1.96 bits per heavy atom. The normalized spacial score (nSPS) is 21.8. The first kappa shape index (κ1) is 42.4. The van der Waals surface area contributed by atoms with Gasteiger partial charge in [-0.3, -0.25) is 19.2 Å². The van der Waals surface area contributed by atoms with Crippen LogP contribution in [0.3, 0.4) is 0 Å². The largest absolute Gasteiger partial charge is 0.349 e. The number of unbranched alkanes of at least 4 members (excludes halogenated alkanes) is 1. The monoisotopic (exact) mass is 712 g/mol. The Hall–Kier alpha value is -2.74. The summed E-state index contributed by atoms with van der Waals surface area (Å²) < 4.78 is 26.5. The maximum atomic E-state index is 14.5. The van der Waals surface area contributed by atoms with E-state index in [1.165, 1.54) is 9.21 Å². The maximum absolute atomic E-state index is 14.5. The standard InChI is InChI=1S/C35H64N6O7S/c1-12-14-16-24(27(42)30(44)36-18-13-2)37-29(43)26-23(33(3,4)5)17-20-41(26)31(45)28(35(9,10)11)39-32(46)38-25(34(6,7)8)22-40-19-15-21-49(40,47)48/h23-26,28H,12-22H2,1-11H3,(H,36,44)(H,37,43)(H2,38,39,46)/t23-,24?,25+,26-,28+/m0/s1. The van der Waals surface area contributed by atoms with Crippen molar-refractivity contribution in [2.45, 2.75) is 139 Å². The molecule has 0 aliphatic carbocycles. The van der Waals surface area contributed by atoms with Crippen LogP contribution in [-0.4, -0.2) is 103 Å². The number of hydrogen-bond acceptors (Lipinski definition) is 7. The molecule has 0 bridgehead atoms. The number of urea groups is 1. The SMILES string of the molecule is CCCCC(NC(=O)[C@@H]1[C@@H](C(C)(C)C)CCN1C(=O)[C@@H](NC(=O)N[C@H](CN1CCCS1(=O)=O)C(C)(C)C)C(C)(C)C)C(=O)C(=O)NCCC. The Bertz CT molecular complexity index is 1300. The van der Waals surface area contributed by atoms with Gasteiger partial charge in [0.25, 0.3) is 5.91 Å². The molecule has 0 aromatic heterocycles. The van der Waals surface area contributed by atoms with Crippen LogP contribution in [0.15, 0.2) is 0 Å². The maximum Gasteiger partial charge on any atom is 0.315 e. The van der Waals surface area contributed by atoms with Crippen LogP contribution in [0.25, 0.3) is 0 Å². The van der Waals surface area contributed by atoms with Gasteiger partial charge in [0.2, 0.25) is 27.6 Å². The molecular formula is C35H64N6O7S. The molecule has 49 heavy (non-hydrogen) atoms. The molecule has 2 aliphatic rings. The van der Waals surface area contributed by atoms with Crippen molar-refractivity contribution in [3.63, 3.8) is 0 Å². The summed E-state index contributed by atoms with van der Waals surface area (Å²) in [6, 6.07) is -4.14. The van der Waals surface area contributed by atoms with Gasteiger partial charge in [0.05, 0.1) is 11.8 Å². The van der Waals surface area contributed by atoms with E-state index in [-0.39, 0.29) is 30.2 Å². The van der Waals surface area contributed by atoms with Crippen molar-refractivity contribution in [2.24, 2.45) is 22.2 Å². The van der Waals surface area contributed by atoms with Gasteiger partial charge in [-0.25, -0.2) is 13.2 Å². The van der Waals surface area contributed by atoms with Gasteiger partial charge in [0.15, 0.2) is 0 Å². The molecule has 13 nitrogen and oxygen atoms in total. The third-order valence-corrected chi connectivity index (χ3v) is 11.6. The highest BCUT2D eigenvalue weighted by molar-refractivity contribution is 7.89. The van der Waals surface area contributed by atoms with E-state index >= 15 is 0 Å². The molecule has 2 fully saturated rings. The minimum absolute atomic E-state index is 0.0797. The summed E-state index contributed by atoms with van der Waals surface area (Å²) in [5, 5.41) is 11.3. The van der Waals surface area contributed by atoms with Gasteiger partial charge in [-0.05, 0) is 47.8 Å². The minimum atomic E-state index is -3.39. The highest BCUT2D eigenvalue weighted by atomic mass is 32.2. The molecule has 2 heterocycles. The van der Waals surface area contributed by atoms with Crippen molar-refractivity contribution in [1.82, 2.24) is 30.5 Å². The molecule has 1 unspecified atom stereocenters. The molecule has 0 spiro atoms. The zero-order valence-corrected chi connectivity index (χ0v) is 32.6. The van der Waals surface area contributed by atoms with E-state index in [9.17, 15) is 32.4 Å². The Kier molecular flexibility index (Phi) is 14.7. The second-order valence-electron chi connectivity index (χ2n) is 16.9. The lowest BCUT2D eigenvalue weighted by atomic mass is 9.75. The minimum Gasteiger partial charge on any atom is -0.349 e. The average Bonchev–Trinajstić information content (AvgIpc) is 3.57. The summed E-state index contributed by atoms with van der Waals surface area (Å²) in [7, 11) is -3.39. The fourth-order valence-electron chi connectivity index (χ4n) is 6.47. The van der Waals surface area contributed by atoms with Crippen molar-refractivity contribution in [3.05, 3.63) is 0 Å². The van der Waals surface area contributed by atoms with Gasteiger partial charge in [-0.15, -0.1) is 0 Å². The molecule has 14 heteroatoms. The highest BCUT2D eigenvalue weighted by Crippen LogP contribution is 2.40. The van der Waals surface area contributed by atoms with Crippen LogP contribution >= 0.6 is 0 Å². The predicted octanol–water partition coefficient (Wildman–Crippen LogP) is 3.18. The lowest BCUT2D eigenvalue weighted by Gasteiger charge is -2.39. The van der Waals surface area contributed by atoms with Gasteiger partial charge in [-0.1, -0.05) is 89.0 Å². The van der Waals surface area contributed by atoms with E-state index in [2.05, 4.69) is 21.3 Å². The van der Waals surface area contributed by atoms with Crippen molar-refractivity contribution >= 4 is 39.6 Å². The Morgan fingerprint density at radius 2 is 1.47 bits per heavy atom. The number of carbonyl (C=O) groups excluding carboxylic acids is 5. The lowest BCUT2D eigenvalue weighted by Crippen LogP contribution is -2.62. The summed E-state index contributed by atoms with van der Waals surface area (Å²) >= 11 is 0. The smallest absolute Gasteiger partial charge is 0.315 e. The Labute approximate surface area is 294 Å². The van der Waals surface area contributed by atoms with Crippen LogP contribution in [0.1, 0.15) is 115 Å². The first-order chi connectivity index (χ1) is 22.4. The quantitative estimate of drug-likeness (QED) is 0.200. The molecule has 2 saturated heterocycles. The van der Waals surface area contributed by atoms with Crippen LogP contribution in [0.5, 0.6) is 0 Å². The van der Waals surface area contributed by atoms with E-state index in [1.807, 2.05) is 76.2 Å². The summed E-state index contributed by atoms with van der Waals surface area (Å²) in [6.07, 6.45) is 3.41. The molecule has 5 amide bonds. The van der Waals surface area contributed by atoms with Crippen LogP contribution in [0.4, 0.5) is 4.79 Å². The third-order valence-electron chi connectivity index (χ3n) is 9.63. The molecule has 0 aromatic carbocycles. The van der Waals surface area contributed by atoms with Crippen molar-refractivity contribution in [1.29, 1.82) is 0 Å². The molecule has 4 N–H and O–H groups in total. The summed E-state index contributed by atoms with van der Waals surface area (Å²) in [6.45, 7) is 22.2. The van der Waals surface area contributed by atoms with E-state index in [0.29, 0.717) is 45.2 Å². The average molecular weight is 713 g/mol. The first-order valence-corrected chi connectivity index (χ1v) is 19.5. The van der Waals surface area contributed by atoms with E-state index < -0.39 is 74.6 Å². The van der Waals surface area contributed by atoms with Gasteiger partial charge in [0.1, 0.15) is 12.1 Å². The fraction of sp³-hybridized carbons (Fsp3) is 0.857. The third kappa shape index (κ3) is 11.7. The number of Topliss-reactive ketones (excluding diaryl/α,β-unsaturated/α-hetero) is 1. The molecule has 282 valence electrons. The van der Waals surface area contributed by atoms with Crippen molar-refractivity contribution < 1.29 is 32.4 Å². The Balaban J connectivity index is 2.38. The number of hydrogen-bond donors (Lipinski definition) is 4. The highest BCUT2D eigenvalue weighted by Gasteiger charge is 2.50. The van der Waals surface area contributed by atoms with Gasteiger partial charge in [-0.2, -0.15) is 4.31 Å². The number of rotatable bonds is 14. The number of sulfonamides is 1. The number of amides is 5. The zero-order valence-electron chi connectivity index (χ0n) is 31.8. The van der Waals surface area contributed by atoms with Crippen LogP contribution in [-0.2, 0) is 29.2 Å². The van der Waals surface area contributed by atoms with Crippen LogP contribution < -0.4 is 21.3 Å². The molecule has 2 rings (SSSR count). The van der Waals surface area contributed by atoms with Gasteiger partial charge >= 0.3 is 6.03 Å². The van der Waals surface area contributed by atoms with E-state index in [0.717, 1.165) is 6.42 Å². The fourth-order valence-corrected chi connectivity index (χ4v) is 8.01. The lowest BCUT2D eigenvalue weighted by molar-refractivity contribution is -0.145. The first-order valence-electron chi connectivity index (χ1n) is 17.9. The van der Waals surface area contributed by atoms with Crippen molar-refractivity contribution in [3.8, 4) is 0 Å². The van der Waals surface area contributed by atoms with Gasteiger partial charge < -0.3 is 26.2 Å². The topological polar surface area (TPSA) is 174 Å². The summed E-state index contributed by atoms with van der Waals surface area (Å²) in [5.74, 6) is -2.56. The molecule has 5 atom stereocenters. The van der Waals surface area contributed by atoms with Crippen molar-refractivity contribution in [2.75, 3.05) is 31.9 Å². The van der Waals surface area contributed by atoms with E-state index in [1.54, 1.807) is 0 Å². The molecule has 0 saturated carbocycles. The zero-order chi connectivity index (χ0) is 37.5. The van der Waals surface area contributed by atoms with Crippen LogP contribution in [0.2, 0.25) is 0 Å². The number of likely N-dealkylation sites (tertiary alicyclic amines) is 1. The Morgan fingerprint density at radius 1 is 0.837 bits per heavy atom. The molecule has 0 radical (unpaired) electrons. The summed E-state index contributed by atoms with van der Waals surface area (Å²) in [5.41, 5.74) is -1.63. The molecular weight excluding hydrogens is 648 g/mol. The van der Waals surface area contributed by atoms with E-state index in [4.69, 9.17) is 0 Å². The molecule has 2 aliphatic heterocycles. The number of nitrogens with zero attached hydrogens (tertiary/aromatic N) is 2. The predicted molar refractivity (Wildman–Crippen MR) is 191 cm³/mol. The van der Waals surface area contributed by atoms with Crippen LogP contribution in [0, 0.1) is 22.2 Å². The van der Waals surface area contributed by atoms with Gasteiger partial charge in [0, 0.05) is 32.2 Å². The number of ketones is 1. The summed E-state index contributed by atoms with van der Waals surface area (Å²) in [4.78, 5) is 69.5. The molecule has 0 aromatic rings. The second-order valence-corrected chi connectivity index (χ2v) is 19.0. The number of nitrogens with one attached hydrogen (secondary N) is 4. The number of carbonyl (C=O) groups is 5. The second kappa shape index (κ2) is 17.0.